The fraction of sp³-hybridized carbons (Fsp3) is 0.600. The number of nitrogens with zero attached hydrogens (tertiary/aromatic N) is 2. The molecule has 1 aliphatic rings. The van der Waals surface area contributed by atoms with Crippen molar-refractivity contribution in [1.82, 2.24) is 15.1 Å². The molecule has 1 aliphatic carbocycles. The molecule has 1 aromatic carbocycles. The van der Waals surface area contributed by atoms with Crippen LogP contribution in [0.2, 0.25) is 5.02 Å². The van der Waals surface area contributed by atoms with Crippen molar-refractivity contribution in [3.8, 4) is 11.3 Å². The Bertz CT molecular complexity index is 924. The van der Waals surface area contributed by atoms with Gasteiger partial charge < -0.3 is 5.32 Å². The lowest BCUT2D eigenvalue weighted by Crippen LogP contribution is -2.31. The van der Waals surface area contributed by atoms with E-state index in [4.69, 9.17) is 11.6 Å². The number of amides is 1. The summed E-state index contributed by atoms with van der Waals surface area (Å²) in [6.45, 7) is 11.7. The van der Waals surface area contributed by atoms with Gasteiger partial charge in [0, 0.05) is 18.7 Å². The summed E-state index contributed by atoms with van der Waals surface area (Å²) in [5.74, 6) is 0.636. The van der Waals surface area contributed by atoms with Crippen molar-refractivity contribution >= 4 is 17.5 Å². The topological polar surface area (TPSA) is 46.9 Å². The number of hydrogen-bond acceptors (Lipinski definition) is 2. The Morgan fingerprint density at radius 3 is 2.52 bits per heavy atom. The van der Waals surface area contributed by atoms with E-state index in [9.17, 15) is 4.79 Å². The van der Waals surface area contributed by atoms with Gasteiger partial charge in [-0.05, 0) is 61.1 Å². The first-order chi connectivity index (χ1) is 14.6. The molecule has 31 heavy (non-hydrogen) atoms. The van der Waals surface area contributed by atoms with E-state index in [2.05, 4.69) is 38.1 Å². The van der Waals surface area contributed by atoms with Crippen molar-refractivity contribution in [2.75, 3.05) is 6.54 Å². The maximum atomic E-state index is 15.0. The third-order valence-corrected chi connectivity index (χ3v) is 6.48. The van der Waals surface area contributed by atoms with Crippen molar-refractivity contribution < 1.29 is 9.18 Å². The lowest BCUT2D eigenvalue weighted by molar-refractivity contribution is 0.0936. The van der Waals surface area contributed by atoms with E-state index in [1.807, 2.05) is 13.0 Å². The van der Waals surface area contributed by atoms with E-state index in [0.29, 0.717) is 30.3 Å². The number of benzene rings is 1. The van der Waals surface area contributed by atoms with Gasteiger partial charge in [-0.1, -0.05) is 58.2 Å². The second-order valence-corrected chi connectivity index (χ2v) is 10.6. The fourth-order valence-corrected chi connectivity index (χ4v) is 4.72. The highest BCUT2D eigenvalue weighted by atomic mass is 35.5. The molecule has 0 radical (unpaired) electrons. The smallest absolute Gasteiger partial charge is 0.273 e. The fourth-order valence-electron chi connectivity index (χ4n) is 4.40. The highest BCUT2D eigenvalue weighted by Crippen LogP contribution is 2.34. The second-order valence-electron chi connectivity index (χ2n) is 10.2. The van der Waals surface area contributed by atoms with E-state index >= 15 is 4.39 Å². The van der Waals surface area contributed by atoms with E-state index in [0.717, 1.165) is 30.7 Å². The van der Waals surface area contributed by atoms with Crippen LogP contribution in [0.3, 0.4) is 0 Å². The van der Waals surface area contributed by atoms with Gasteiger partial charge in [0.05, 0.1) is 10.7 Å². The number of rotatable bonds is 6. The first-order valence-corrected chi connectivity index (χ1v) is 11.8. The molecule has 0 saturated heterocycles. The molecule has 1 aromatic heterocycles. The summed E-state index contributed by atoms with van der Waals surface area (Å²) in [5, 5.41) is 7.61. The van der Waals surface area contributed by atoms with Crippen molar-refractivity contribution in [3.63, 3.8) is 0 Å². The zero-order valence-electron chi connectivity index (χ0n) is 19.4. The number of hydrogen-bond donors (Lipinski definition) is 1. The summed E-state index contributed by atoms with van der Waals surface area (Å²) in [6.07, 6.45) is 5.46. The monoisotopic (exact) mass is 447 g/mol. The van der Waals surface area contributed by atoms with E-state index < -0.39 is 0 Å². The zero-order valence-corrected chi connectivity index (χ0v) is 20.2. The molecule has 0 atom stereocenters. The SMILES string of the molecule is CCn1nc(C(=O)NCC2CCC(C)CC2)c(Cl)c1-c1ccc(CC(C)(C)C)cc1F. The molecule has 1 heterocycles. The summed E-state index contributed by atoms with van der Waals surface area (Å²) < 4.78 is 16.7. The van der Waals surface area contributed by atoms with Gasteiger partial charge in [0.15, 0.2) is 5.69 Å². The van der Waals surface area contributed by atoms with Gasteiger partial charge in [-0.3, -0.25) is 9.48 Å². The number of aryl methyl sites for hydroxylation is 1. The van der Waals surface area contributed by atoms with Crippen LogP contribution in [-0.4, -0.2) is 22.2 Å². The molecule has 1 saturated carbocycles. The number of nitrogens with one attached hydrogen (secondary N) is 1. The Morgan fingerprint density at radius 1 is 1.26 bits per heavy atom. The minimum atomic E-state index is -0.346. The van der Waals surface area contributed by atoms with Crippen molar-refractivity contribution in [3.05, 3.63) is 40.3 Å². The second kappa shape index (κ2) is 9.72. The van der Waals surface area contributed by atoms with Gasteiger partial charge in [0.2, 0.25) is 0 Å². The van der Waals surface area contributed by atoms with Crippen LogP contribution in [0.15, 0.2) is 18.2 Å². The van der Waals surface area contributed by atoms with Crippen LogP contribution in [0.25, 0.3) is 11.3 Å². The maximum absolute atomic E-state index is 15.0. The predicted molar refractivity (Wildman–Crippen MR) is 125 cm³/mol. The molecule has 3 rings (SSSR count). The molecule has 1 fully saturated rings. The first-order valence-electron chi connectivity index (χ1n) is 11.4. The molecule has 0 unspecified atom stereocenters. The number of aromatic nitrogens is 2. The summed E-state index contributed by atoms with van der Waals surface area (Å²) in [7, 11) is 0. The molecule has 1 N–H and O–H groups in total. The molecule has 0 bridgehead atoms. The Balaban J connectivity index is 1.80. The normalized spacial score (nSPS) is 19.5. The third-order valence-electron chi connectivity index (χ3n) is 6.12. The Labute approximate surface area is 190 Å². The van der Waals surface area contributed by atoms with Crippen LogP contribution in [-0.2, 0) is 13.0 Å². The lowest BCUT2D eigenvalue weighted by atomic mass is 9.83. The third kappa shape index (κ3) is 5.88. The Hall–Kier alpha value is -1.88. The summed E-state index contributed by atoms with van der Waals surface area (Å²) in [6, 6.07) is 5.24. The van der Waals surface area contributed by atoms with Crippen LogP contribution in [0.1, 0.15) is 76.4 Å². The van der Waals surface area contributed by atoms with Crippen LogP contribution >= 0.6 is 11.6 Å². The predicted octanol–water partition coefficient (Wildman–Crippen LogP) is 6.51. The quantitative estimate of drug-likeness (QED) is 0.548. The molecule has 0 aliphatic heterocycles. The molecule has 170 valence electrons. The molecular weight excluding hydrogens is 413 g/mol. The van der Waals surface area contributed by atoms with Crippen LogP contribution in [0.4, 0.5) is 4.39 Å². The maximum Gasteiger partial charge on any atom is 0.273 e. The summed E-state index contributed by atoms with van der Waals surface area (Å²) in [4.78, 5) is 12.8. The summed E-state index contributed by atoms with van der Waals surface area (Å²) in [5.41, 5.74) is 2.00. The molecule has 0 spiro atoms. The van der Waals surface area contributed by atoms with Gasteiger partial charge in [-0.25, -0.2) is 4.39 Å². The lowest BCUT2D eigenvalue weighted by Gasteiger charge is -2.26. The number of halogens is 2. The van der Waals surface area contributed by atoms with Crippen LogP contribution < -0.4 is 5.32 Å². The van der Waals surface area contributed by atoms with Crippen molar-refractivity contribution in [2.45, 2.75) is 73.3 Å². The van der Waals surface area contributed by atoms with Gasteiger partial charge in [-0.2, -0.15) is 5.10 Å². The van der Waals surface area contributed by atoms with E-state index in [1.54, 1.807) is 16.8 Å². The zero-order chi connectivity index (χ0) is 22.8. The molecule has 2 aromatic rings. The number of carbonyl (C=O) groups is 1. The van der Waals surface area contributed by atoms with Gasteiger partial charge in [-0.15, -0.1) is 0 Å². The molecular formula is C25H35ClFN3O. The molecule has 6 heteroatoms. The first kappa shape index (κ1) is 23.8. The summed E-state index contributed by atoms with van der Waals surface area (Å²) >= 11 is 6.59. The van der Waals surface area contributed by atoms with E-state index in [-0.39, 0.29) is 27.9 Å². The largest absolute Gasteiger partial charge is 0.350 e. The average Bonchev–Trinajstić information content (AvgIpc) is 3.02. The standard InChI is InChI=1S/C25H35ClFN3O/c1-6-30-23(19-12-11-18(13-20(19)27)14-25(3,4)5)21(26)22(29-30)24(31)28-15-17-9-7-16(2)8-10-17/h11-13,16-17H,6-10,14-15H2,1-5H3,(H,28,31). The van der Waals surface area contributed by atoms with E-state index in [1.165, 1.54) is 12.8 Å². The highest BCUT2D eigenvalue weighted by Gasteiger charge is 2.26. The van der Waals surface area contributed by atoms with Crippen molar-refractivity contribution in [1.29, 1.82) is 0 Å². The van der Waals surface area contributed by atoms with Crippen LogP contribution in [0, 0.1) is 23.1 Å². The Morgan fingerprint density at radius 2 is 1.94 bits per heavy atom. The van der Waals surface area contributed by atoms with Crippen LogP contribution in [0.5, 0.6) is 0 Å². The average molecular weight is 448 g/mol. The van der Waals surface area contributed by atoms with Gasteiger partial charge in [0.1, 0.15) is 5.82 Å². The Kier molecular flexibility index (Phi) is 7.46. The van der Waals surface area contributed by atoms with Gasteiger partial charge in [0.25, 0.3) is 5.91 Å². The number of carbonyl (C=O) groups excluding carboxylic acids is 1. The molecule has 4 nitrogen and oxygen atoms in total. The molecule has 1 amide bonds. The highest BCUT2D eigenvalue weighted by molar-refractivity contribution is 6.36. The minimum absolute atomic E-state index is 0.0679. The minimum Gasteiger partial charge on any atom is -0.350 e. The van der Waals surface area contributed by atoms with Gasteiger partial charge >= 0.3 is 0 Å². The van der Waals surface area contributed by atoms with Crippen molar-refractivity contribution in [2.24, 2.45) is 17.3 Å².